The van der Waals surface area contributed by atoms with Gasteiger partial charge in [-0.1, -0.05) is 42.5 Å². The fraction of sp³-hybridized carbons (Fsp3) is 0.0938. The Labute approximate surface area is 240 Å². The SMILES string of the molecule is C=CCN=c1scc(-c2cc(OC)ccc2OC)n1/N=C\c1cn(-c2ccccc2)nc1-c1cc2ccccc2o1. The molecular weight excluding hydrogens is 534 g/mol. The van der Waals surface area contributed by atoms with Crippen LogP contribution in [-0.4, -0.2) is 41.4 Å². The van der Waals surface area contributed by atoms with Crippen LogP contribution < -0.4 is 14.3 Å². The summed E-state index contributed by atoms with van der Waals surface area (Å²) >= 11 is 1.48. The van der Waals surface area contributed by atoms with E-state index in [4.69, 9.17) is 24.1 Å². The molecule has 9 heteroatoms. The van der Waals surface area contributed by atoms with E-state index in [9.17, 15) is 0 Å². The number of aromatic nitrogens is 3. The van der Waals surface area contributed by atoms with Crippen LogP contribution >= 0.6 is 11.3 Å². The third kappa shape index (κ3) is 5.22. The first-order valence-corrected chi connectivity index (χ1v) is 13.8. The minimum atomic E-state index is 0.459. The van der Waals surface area contributed by atoms with Gasteiger partial charge in [-0.15, -0.1) is 17.9 Å². The van der Waals surface area contributed by atoms with Gasteiger partial charge in [0.05, 0.1) is 38.4 Å². The van der Waals surface area contributed by atoms with Gasteiger partial charge in [0.15, 0.2) is 5.76 Å². The lowest BCUT2D eigenvalue weighted by atomic mass is 10.1. The van der Waals surface area contributed by atoms with E-state index in [1.165, 1.54) is 11.3 Å². The number of methoxy groups -OCH3 is 2. The van der Waals surface area contributed by atoms with E-state index in [1.807, 2.05) is 95.1 Å². The molecule has 0 aliphatic carbocycles. The summed E-state index contributed by atoms with van der Waals surface area (Å²) in [5.74, 6) is 2.06. The molecule has 6 aromatic rings. The highest BCUT2D eigenvalue weighted by molar-refractivity contribution is 7.07. The van der Waals surface area contributed by atoms with Crippen LogP contribution in [0.25, 0.3) is 39.4 Å². The molecular formula is C32H27N5O3S. The molecule has 204 valence electrons. The second-order valence-electron chi connectivity index (χ2n) is 9.02. The predicted octanol–water partition coefficient (Wildman–Crippen LogP) is 6.80. The Morgan fingerprint density at radius 1 is 1.00 bits per heavy atom. The first-order chi connectivity index (χ1) is 20.2. The maximum atomic E-state index is 6.20. The van der Waals surface area contributed by atoms with Crippen molar-refractivity contribution in [3.05, 3.63) is 113 Å². The molecule has 0 bridgehead atoms. The summed E-state index contributed by atoms with van der Waals surface area (Å²) in [5, 5.41) is 12.8. The molecule has 3 aromatic carbocycles. The molecule has 0 saturated heterocycles. The highest BCUT2D eigenvalue weighted by atomic mass is 32.1. The summed E-state index contributed by atoms with van der Waals surface area (Å²) < 4.78 is 21.0. The molecule has 6 rings (SSSR count). The molecule has 0 fully saturated rings. The van der Waals surface area contributed by atoms with E-state index < -0.39 is 0 Å². The zero-order chi connectivity index (χ0) is 28.2. The second kappa shape index (κ2) is 11.5. The van der Waals surface area contributed by atoms with E-state index in [0.29, 0.717) is 34.3 Å². The van der Waals surface area contributed by atoms with Gasteiger partial charge >= 0.3 is 0 Å². The number of thiazole rings is 1. The number of furan rings is 1. The van der Waals surface area contributed by atoms with Crippen molar-refractivity contribution in [2.45, 2.75) is 0 Å². The zero-order valence-corrected chi connectivity index (χ0v) is 23.4. The highest BCUT2D eigenvalue weighted by Gasteiger charge is 2.17. The average molecular weight is 562 g/mol. The predicted molar refractivity (Wildman–Crippen MR) is 163 cm³/mol. The van der Waals surface area contributed by atoms with Crippen molar-refractivity contribution in [1.82, 2.24) is 14.5 Å². The fourth-order valence-corrected chi connectivity index (χ4v) is 5.30. The molecule has 0 atom stereocenters. The fourth-order valence-electron chi connectivity index (χ4n) is 4.47. The maximum absolute atomic E-state index is 6.20. The molecule has 3 heterocycles. The molecule has 0 saturated carbocycles. The minimum absolute atomic E-state index is 0.459. The van der Waals surface area contributed by atoms with Crippen LogP contribution in [-0.2, 0) is 0 Å². The number of fused-ring (bicyclic) bond motifs is 1. The van der Waals surface area contributed by atoms with E-state index in [0.717, 1.165) is 33.5 Å². The number of benzene rings is 3. The quantitative estimate of drug-likeness (QED) is 0.144. The van der Waals surface area contributed by atoms with Crippen molar-refractivity contribution in [3.63, 3.8) is 0 Å². The normalized spacial score (nSPS) is 11.9. The number of nitrogens with zero attached hydrogens (tertiary/aromatic N) is 5. The number of para-hydroxylation sites is 2. The van der Waals surface area contributed by atoms with Gasteiger partial charge in [-0.3, -0.25) is 4.99 Å². The van der Waals surface area contributed by atoms with Gasteiger partial charge in [0, 0.05) is 28.1 Å². The third-order valence-corrected chi connectivity index (χ3v) is 7.31. The smallest absolute Gasteiger partial charge is 0.206 e. The van der Waals surface area contributed by atoms with Crippen molar-refractivity contribution >= 4 is 28.5 Å². The minimum Gasteiger partial charge on any atom is -0.497 e. The Hall–Kier alpha value is -5.15. The molecule has 0 radical (unpaired) electrons. The first-order valence-electron chi connectivity index (χ1n) is 12.9. The number of hydrogen-bond acceptors (Lipinski definition) is 7. The van der Waals surface area contributed by atoms with E-state index in [1.54, 1.807) is 31.2 Å². The molecule has 0 aliphatic heterocycles. The average Bonchev–Trinajstić information content (AvgIpc) is 3.75. The number of rotatable bonds is 9. The monoisotopic (exact) mass is 561 g/mol. The standard InChI is InChI=1S/C32H27N5O3S/c1-4-16-33-32-37(27(21-41-32)26-18-25(38-2)14-15-29(26)39-3)34-19-23-20-36(24-11-6-5-7-12-24)35-31(23)30-17-22-10-8-9-13-28(22)40-30/h4-15,17-21H,1,16H2,2-3H3/b33-32?,34-19-. The van der Waals surface area contributed by atoms with Gasteiger partial charge < -0.3 is 13.9 Å². The van der Waals surface area contributed by atoms with Gasteiger partial charge in [-0.2, -0.15) is 10.2 Å². The lowest BCUT2D eigenvalue weighted by Gasteiger charge is -2.11. The van der Waals surface area contributed by atoms with Crippen molar-refractivity contribution < 1.29 is 13.9 Å². The van der Waals surface area contributed by atoms with Crippen molar-refractivity contribution in [2.24, 2.45) is 10.1 Å². The zero-order valence-electron chi connectivity index (χ0n) is 22.6. The topological polar surface area (TPSA) is 79.1 Å². The van der Waals surface area contributed by atoms with Crippen molar-refractivity contribution in [1.29, 1.82) is 0 Å². The molecule has 0 unspecified atom stereocenters. The van der Waals surface area contributed by atoms with Crippen LogP contribution in [0.3, 0.4) is 0 Å². The molecule has 0 spiro atoms. The highest BCUT2D eigenvalue weighted by Crippen LogP contribution is 2.34. The van der Waals surface area contributed by atoms with Gasteiger partial charge in [0.1, 0.15) is 22.8 Å². The Kier molecular flexibility index (Phi) is 7.34. The van der Waals surface area contributed by atoms with Crippen LogP contribution in [0.1, 0.15) is 5.56 Å². The third-order valence-electron chi connectivity index (χ3n) is 6.46. The Morgan fingerprint density at radius 2 is 1.83 bits per heavy atom. The van der Waals surface area contributed by atoms with Crippen LogP contribution in [0.2, 0.25) is 0 Å². The number of ether oxygens (including phenoxy) is 2. The van der Waals surface area contributed by atoms with Crippen molar-refractivity contribution in [3.8, 4) is 39.9 Å². The molecule has 0 aliphatic rings. The van der Waals surface area contributed by atoms with Crippen LogP contribution in [0.15, 0.2) is 118 Å². The van der Waals surface area contributed by atoms with Gasteiger partial charge in [-0.25, -0.2) is 9.36 Å². The lowest BCUT2D eigenvalue weighted by Crippen LogP contribution is -2.12. The Morgan fingerprint density at radius 3 is 2.61 bits per heavy atom. The maximum Gasteiger partial charge on any atom is 0.206 e. The molecule has 3 aromatic heterocycles. The van der Waals surface area contributed by atoms with E-state index >= 15 is 0 Å². The molecule has 0 N–H and O–H groups in total. The number of hydrogen-bond donors (Lipinski definition) is 0. The summed E-state index contributed by atoms with van der Waals surface area (Å²) in [6, 6.07) is 25.5. The van der Waals surface area contributed by atoms with E-state index in [2.05, 4.69) is 11.6 Å². The van der Waals surface area contributed by atoms with Crippen LogP contribution in [0.4, 0.5) is 0 Å². The summed E-state index contributed by atoms with van der Waals surface area (Å²) in [6.45, 7) is 4.27. The van der Waals surface area contributed by atoms with E-state index in [-0.39, 0.29) is 0 Å². The summed E-state index contributed by atoms with van der Waals surface area (Å²) in [5.41, 5.74) is 4.82. The summed E-state index contributed by atoms with van der Waals surface area (Å²) in [7, 11) is 3.28. The molecule has 0 amide bonds. The Balaban J connectivity index is 1.51. The van der Waals surface area contributed by atoms with Crippen LogP contribution in [0, 0.1) is 0 Å². The largest absolute Gasteiger partial charge is 0.497 e. The van der Waals surface area contributed by atoms with Crippen LogP contribution in [0.5, 0.6) is 11.5 Å². The summed E-state index contributed by atoms with van der Waals surface area (Å²) in [4.78, 5) is 5.39. The molecule has 8 nitrogen and oxygen atoms in total. The van der Waals surface area contributed by atoms with Crippen molar-refractivity contribution in [2.75, 3.05) is 20.8 Å². The van der Waals surface area contributed by atoms with Gasteiger partial charge in [0.2, 0.25) is 4.80 Å². The summed E-state index contributed by atoms with van der Waals surface area (Å²) in [6.07, 6.45) is 5.48. The lowest BCUT2D eigenvalue weighted by molar-refractivity contribution is 0.404. The van der Waals surface area contributed by atoms with Gasteiger partial charge in [0.25, 0.3) is 0 Å². The molecule has 41 heavy (non-hydrogen) atoms. The van der Waals surface area contributed by atoms with Gasteiger partial charge in [-0.05, 0) is 42.5 Å². The second-order valence-corrected chi connectivity index (χ2v) is 9.85. The first kappa shape index (κ1) is 26.1. The Bertz CT molecular complexity index is 1890.